The highest BCUT2D eigenvalue weighted by molar-refractivity contribution is 4.72. The first-order valence-corrected chi connectivity index (χ1v) is 8.24. The van der Waals surface area contributed by atoms with E-state index in [-0.39, 0.29) is 0 Å². The van der Waals surface area contributed by atoms with Crippen molar-refractivity contribution >= 4 is 0 Å². The third-order valence-electron chi connectivity index (χ3n) is 3.69. The van der Waals surface area contributed by atoms with Gasteiger partial charge in [-0.2, -0.15) is 0 Å². The monoisotopic (exact) mass is 270 g/mol. The van der Waals surface area contributed by atoms with Crippen molar-refractivity contribution in [2.45, 2.75) is 73.8 Å². The second-order valence-corrected chi connectivity index (χ2v) is 7.42. The van der Waals surface area contributed by atoms with Crippen molar-refractivity contribution in [3.05, 3.63) is 0 Å². The Balaban J connectivity index is 3.99. The summed E-state index contributed by atoms with van der Waals surface area (Å²) in [5, 5.41) is 3.61. The summed E-state index contributed by atoms with van der Waals surface area (Å²) in [4.78, 5) is 2.68. The van der Waals surface area contributed by atoms with E-state index in [4.69, 9.17) is 0 Å². The van der Waals surface area contributed by atoms with Crippen molar-refractivity contribution in [3.63, 3.8) is 0 Å². The molecule has 0 fully saturated rings. The molecule has 1 N–H and O–H groups in total. The lowest BCUT2D eigenvalue weighted by molar-refractivity contribution is 0.166. The number of nitrogens with zero attached hydrogens (tertiary/aromatic N) is 1. The van der Waals surface area contributed by atoms with Crippen LogP contribution in [0.1, 0.15) is 67.7 Å². The lowest BCUT2D eigenvalue weighted by Gasteiger charge is -2.32. The second kappa shape index (κ2) is 9.77. The Morgan fingerprint density at radius 2 is 1.58 bits per heavy atom. The van der Waals surface area contributed by atoms with Gasteiger partial charge in [-0.15, -0.1) is 0 Å². The van der Waals surface area contributed by atoms with Crippen LogP contribution in [0.15, 0.2) is 0 Å². The fourth-order valence-electron chi connectivity index (χ4n) is 2.51. The standard InChI is InChI=1S/C17H38N2/c1-8-16(9-2)19(14-15(3)4)13-12-18-11-10-17(5,6)7/h15-16,18H,8-14H2,1-7H3. The van der Waals surface area contributed by atoms with Gasteiger partial charge in [-0.1, -0.05) is 48.5 Å². The van der Waals surface area contributed by atoms with Crippen LogP contribution < -0.4 is 5.32 Å². The summed E-state index contributed by atoms with van der Waals surface area (Å²) in [6.07, 6.45) is 3.79. The van der Waals surface area contributed by atoms with Crippen molar-refractivity contribution in [1.82, 2.24) is 10.2 Å². The molecule has 0 radical (unpaired) electrons. The zero-order chi connectivity index (χ0) is 14.9. The van der Waals surface area contributed by atoms with Gasteiger partial charge in [-0.25, -0.2) is 0 Å². The van der Waals surface area contributed by atoms with Crippen LogP contribution in [0, 0.1) is 11.3 Å². The highest BCUT2D eigenvalue weighted by Gasteiger charge is 2.15. The van der Waals surface area contributed by atoms with E-state index in [0.717, 1.165) is 25.0 Å². The maximum absolute atomic E-state index is 3.61. The molecule has 0 amide bonds. The summed E-state index contributed by atoms with van der Waals surface area (Å²) in [7, 11) is 0. The molecule has 0 saturated heterocycles. The summed E-state index contributed by atoms with van der Waals surface area (Å²) >= 11 is 0. The Kier molecular flexibility index (Phi) is 9.72. The first kappa shape index (κ1) is 18.9. The average molecular weight is 271 g/mol. The lowest BCUT2D eigenvalue weighted by atomic mass is 9.92. The first-order chi connectivity index (χ1) is 8.80. The van der Waals surface area contributed by atoms with Crippen molar-refractivity contribution in [3.8, 4) is 0 Å². The van der Waals surface area contributed by atoms with Crippen LogP contribution in [-0.4, -0.2) is 37.1 Å². The SMILES string of the molecule is CCC(CC)N(CCNCCC(C)(C)C)CC(C)C. The van der Waals surface area contributed by atoms with Gasteiger partial charge in [0, 0.05) is 25.7 Å². The summed E-state index contributed by atoms with van der Waals surface area (Å²) in [6.45, 7) is 20.9. The lowest BCUT2D eigenvalue weighted by Crippen LogP contribution is -2.41. The van der Waals surface area contributed by atoms with E-state index >= 15 is 0 Å². The first-order valence-electron chi connectivity index (χ1n) is 8.24. The van der Waals surface area contributed by atoms with Gasteiger partial charge >= 0.3 is 0 Å². The summed E-state index contributed by atoms with van der Waals surface area (Å²) < 4.78 is 0. The quantitative estimate of drug-likeness (QED) is 0.600. The van der Waals surface area contributed by atoms with E-state index in [1.54, 1.807) is 0 Å². The Hall–Kier alpha value is -0.0800. The van der Waals surface area contributed by atoms with Crippen LogP contribution in [0.5, 0.6) is 0 Å². The van der Waals surface area contributed by atoms with Crippen LogP contribution in [-0.2, 0) is 0 Å². The van der Waals surface area contributed by atoms with E-state index in [1.165, 1.54) is 32.4 Å². The van der Waals surface area contributed by atoms with Gasteiger partial charge in [-0.05, 0) is 37.1 Å². The predicted octanol–water partition coefficient (Wildman–Crippen LogP) is 4.16. The topological polar surface area (TPSA) is 15.3 Å². The molecule has 0 spiro atoms. The van der Waals surface area contributed by atoms with Gasteiger partial charge in [0.05, 0.1) is 0 Å². The Labute approximate surface area is 122 Å². The fourth-order valence-corrected chi connectivity index (χ4v) is 2.51. The number of rotatable bonds is 10. The molecular formula is C17H38N2. The number of hydrogen-bond donors (Lipinski definition) is 1. The van der Waals surface area contributed by atoms with Crippen molar-refractivity contribution in [2.24, 2.45) is 11.3 Å². The number of hydrogen-bond acceptors (Lipinski definition) is 2. The molecule has 0 aromatic rings. The smallest absolute Gasteiger partial charge is 0.0110 e. The molecule has 0 saturated carbocycles. The highest BCUT2D eigenvalue weighted by atomic mass is 15.2. The van der Waals surface area contributed by atoms with Crippen molar-refractivity contribution < 1.29 is 0 Å². The van der Waals surface area contributed by atoms with Gasteiger partial charge in [-0.3, -0.25) is 4.90 Å². The molecule has 0 rings (SSSR count). The molecule has 2 nitrogen and oxygen atoms in total. The third-order valence-corrected chi connectivity index (χ3v) is 3.69. The Morgan fingerprint density at radius 1 is 1.00 bits per heavy atom. The predicted molar refractivity (Wildman–Crippen MR) is 87.7 cm³/mol. The molecule has 19 heavy (non-hydrogen) atoms. The third kappa shape index (κ3) is 10.4. The van der Waals surface area contributed by atoms with E-state index < -0.39 is 0 Å². The van der Waals surface area contributed by atoms with Crippen LogP contribution in [0.3, 0.4) is 0 Å². The molecule has 0 unspecified atom stereocenters. The average Bonchev–Trinajstić information content (AvgIpc) is 2.27. The summed E-state index contributed by atoms with van der Waals surface area (Å²) in [5.74, 6) is 0.759. The summed E-state index contributed by atoms with van der Waals surface area (Å²) in [5.41, 5.74) is 0.444. The van der Waals surface area contributed by atoms with Gasteiger partial charge in [0.15, 0.2) is 0 Å². The Morgan fingerprint density at radius 3 is 2.00 bits per heavy atom. The van der Waals surface area contributed by atoms with Crippen LogP contribution in [0.2, 0.25) is 0 Å². The Bertz CT molecular complexity index is 202. The van der Waals surface area contributed by atoms with Gasteiger partial charge in [0.2, 0.25) is 0 Å². The van der Waals surface area contributed by atoms with Gasteiger partial charge < -0.3 is 5.32 Å². The van der Waals surface area contributed by atoms with Crippen molar-refractivity contribution in [2.75, 3.05) is 26.2 Å². The van der Waals surface area contributed by atoms with E-state index in [1.807, 2.05) is 0 Å². The van der Waals surface area contributed by atoms with Crippen LogP contribution in [0.25, 0.3) is 0 Å². The zero-order valence-corrected chi connectivity index (χ0v) is 14.6. The maximum Gasteiger partial charge on any atom is 0.0110 e. The van der Waals surface area contributed by atoms with Crippen LogP contribution >= 0.6 is 0 Å². The maximum atomic E-state index is 3.61. The molecule has 0 aromatic heterocycles. The molecule has 116 valence electrons. The molecule has 0 heterocycles. The van der Waals surface area contributed by atoms with Crippen LogP contribution in [0.4, 0.5) is 0 Å². The molecule has 0 atom stereocenters. The zero-order valence-electron chi connectivity index (χ0n) is 14.6. The van der Waals surface area contributed by atoms with E-state index in [2.05, 4.69) is 58.7 Å². The molecule has 0 aliphatic rings. The summed E-state index contributed by atoms with van der Waals surface area (Å²) in [6, 6.07) is 0.756. The molecular weight excluding hydrogens is 232 g/mol. The normalized spacial score (nSPS) is 12.9. The minimum absolute atomic E-state index is 0.444. The molecule has 0 aromatic carbocycles. The largest absolute Gasteiger partial charge is 0.315 e. The van der Waals surface area contributed by atoms with Crippen molar-refractivity contribution in [1.29, 1.82) is 0 Å². The van der Waals surface area contributed by atoms with Gasteiger partial charge in [0.25, 0.3) is 0 Å². The minimum atomic E-state index is 0.444. The second-order valence-electron chi connectivity index (χ2n) is 7.42. The molecule has 2 heteroatoms. The fraction of sp³-hybridized carbons (Fsp3) is 1.00. The number of nitrogens with one attached hydrogen (secondary N) is 1. The molecule has 0 aliphatic heterocycles. The molecule has 0 bridgehead atoms. The molecule has 0 aliphatic carbocycles. The highest BCUT2D eigenvalue weighted by Crippen LogP contribution is 2.17. The van der Waals surface area contributed by atoms with E-state index in [9.17, 15) is 0 Å². The van der Waals surface area contributed by atoms with Gasteiger partial charge in [0.1, 0.15) is 0 Å². The minimum Gasteiger partial charge on any atom is -0.315 e. The van der Waals surface area contributed by atoms with E-state index in [0.29, 0.717) is 5.41 Å².